The van der Waals surface area contributed by atoms with Crippen LogP contribution in [0.15, 0.2) is 22.8 Å². The van der Waals surface area contributed by atoms with Gasteiger partial charge in [0, 0.05) is 24.9 Å². The van der Waals surface area contributed by atoms with Crippen LogP contribution < -0.4 is 5.32 Å². The molecule has 2 aromatic heterocycles. The molecule has 2 aromatic rings. The Morgan fingerprint density at radius 1 is 1.33 bits per heavy atom. The van der Waals surface area contributed by atoms with Gasteiger partial charge in [-0.1, -0.05) is 0 Å². The largest absolute Gasteiger partial charge is 0.467 e. The number of carbonyl (C=O) groups excluding carboxylic acids is 2. The first-order valence-corrected chi connectivity index (χ1v) is 8.06. The highest BCUT2D eigenvalue weighted by molar-refractivity contribution is 5.93. The first-order valence-electron chi connectivity index (χ1n) is 8.06. The van der Waals surface area contributed by atoms with Crippen molar-refractivity contribution in [1.82, 2.24) is 9.88 Å². The van der Waals surface area contributed by atoms with Crippen molar-refractivity contribution in [3.8, 4) is 0 Å². The standard InChI is InChI=1S/C18H24N2O4/c1-5-23-18(22)17-12(2)15(20(4)13(17)3)8-9-16(21)19-11-14-7-6-10-24-14/h6-7,10H,5,8-9,11H2,1-4H3,(H,19,21). The van der Waals surface area contributed by atoms with E-state index < -0.39 is 0 Å². The third-order valence-corrected chi connectivity index (χ3v) is 4.19. The van der Waals surface area contributed by atoms with E-state index in [-0.39, 0.29) is 11.9 Å². The molecule has 0 aliphatic carbocycles. The molecule has 24 heavy (non-hydrogen) atoms. The Morgan fingerprint density at radius 2 is 2.08 bits per heavy atom. The molecule has 0 radical (unpaired) electrons. The Hall–Kier alpha value is -2.50. The van der Waals surface area contributed by atoms with E-state index in [2.05, 4.69) is 5.32 Å². The lowest BCUT2D eigenvalue weighted by atomic mass is 10.1. The fourth-order valence-corrected chi connectivity index (χ4v) is 2.82. The molecule has 1 amide bonds. The molecule has 130 valence electrons. The summed E-state index contributed by atoms with van der Waals surface area (Å²) in [7, 11) is 1.90. The second-order valence-electron chi connectivity index (χ2n) is 5.67. The maximum atomic E-state index is 12.1. The lowest BCUT2D eigenvalue weighted by molar-refractivity contribution is -0.121. The molecule has 0 unspecified atom stereocenters. The van der Waals surface area contributed by atoms with E-state index in [0.717, 1.165) is 22.7 Å². The van der Waals surface area contributed by atoms with Gasteiger partial charge in [-0.2, -0.15) is 0 Å². The molecule has 6 heteroatoms. The summed E-state index contributed by atoms with van der Waals surface area (Å²) >= 11 is 0. The SMILES string of the molecule is CCOC(=O)c1c(C)c(CCC(=O)NCc2ccco2)n(C)c1C. The van der Waals surface area contributed by atoms with Gasteiger partial charge in [-0.15, -0.1) is 0 Å². The maximum absolute atomic E-state index is 12.1. The third kappa shape index (κ3) is 3.88. The zero-order valence-corrected chi connectivity index (χ0v) is 14.6. The molecule has 0 aliphatic heterocycles. The van der Waals surface area contributed by atoms with E-state index in [1.54, 1.807) is 19.3 Å². The number of esters is 1. The number of ether oxygens (including phenoxy) is 1. The minimum Gasteiger partial charge on any atom is -0.467 e. The first-order chi connectivity index (χ1) is 11.5. The number of hydrogen-bond acceptors (Lipinski definition) is 4. The van der Waals surface area contributed by atoms with Gasteiger partial charge in [0.2, 0.25) is 5.91 Å². The molecule has 0 fully saturated rings. The smallest absolute Gasteiger partial charge is 0.340 e. The van der Waals surface area contributed by atoms with Crippen molar-refractivity contribution in [2.45, 2.75) is 40.2 Å². The van der Waals surface area contributed by atoms with Gasteiger partial charge in [0.25, 0.3) is 0 Å². The predicted molar refractivity (Wildman–Crippen MR) is 89.7 cm³/mol. The number of hydrogen-bond donors (Lipinski definition) is 1. The van der Waals surface area contributed by atoms with E-state index in [0.29, 0.717) is 31.6 Å². The topological polar surface area (TPSA) is 73.5 Å². The van der Waals surface area contributed by atoms with Crippen LogP contribution in [0.4, 0.5) is 0 Å². The summed E-state index contributed by atoms with van der Waals surface area (Å²) in [5, 5.41) is 2.83. The summed E-state index contributed by atoms with van der Waals surface area (Å²) in [4.78, 5) is 24.1. The van der Waals surface area contributed by atoms with Crippen LogP contribution in [0.25, 0.3) is 0 Å². The minimum absolute atomic E-state index is 0.0534. The second-order valence-corrected chi connectivity index (χ2v) is 5.67. The van der Waals surface area contributed by atoms with Gasteiger partial charge in [-0.3, -0.25) is 4.79 Å². The summed E-state index contributed by atoms with van der Waals surface area (Å²) in [6.45, 7) is 6.30. The Labute approximate surface area is 141 Å². The fraction of sp³-hybridized carbons (Fsp3) is 0.444. The highest BCUT2D eigenvalue weighted by atomic mass is 16.5. The number of aromatic nitrogens is 1. The average Bonchev–Trinajstić information content (AvgIpc) is 3.12. The van der Waals surface area contributed by atoms with Crippen molar-refractivity contribution in [2.24, 2.45) is 7.05 Å². The van der Waals surface area contributed by atoms with Gasteiger partial charge in [0.05, 0.1) is 25.0 Å². The van der Waals surface area contributed by atoms with Gasteiger partial charge in [0.15, 0.2) is 0 Å². The molecule has 0 bridgehead atoms. The van der Waals surface area contributed by atoms with E-state index in [4.69, 9.17) is 9.15 Å². The lowest BCUT2D eigenvalue weighted by Gasteiger charge is -2.07. The highest BCUT2D eigenvalue weighted by Gasteiger charge is 2.22. The fourth-order valence-electron chi connectivity index (χ4n) is 2.82. The molecule has 1 N–H and O–H groups in total. The monoisotopic (exact) mass is 332 g/mol. The van der Waals surface area contributed by atoms with Crippen molar-refractivity contribution >= 4 is 11.9 Å². The van der Waals surface area contributed by atoms with Crippen molar-refractivity contribution in [3.05, 3.63) is 46.7 Å². The van der Waals surface area contributed by atoms with Crippen molar-refractivity contribution in [2.75, 3.05) is 6.61 Å². The van der Waals surface area contributed by atoms with Crippen LogP contribution in [-0.4, -0.2) is 23.1 Å². The number of nitrogens with zero attached hydrogens (tertiary/aromatic N) is 1. The van der Waals surface area contributed by atoms with E-state index in [1.807, 2.05) is 31.5 Å². The van der Waals surface area contributed by atoms with Crippen LogP contribution in [0.2, 0.25) is 0 Å². The van der Waals surface area contributed by atoms with Crippen LogP contribution >= 0.6 is 0 Å². The normalized spacial score (nSPS) is 10.7. The molecule has 0 saturated heterocycles. The Balaban J connectivity index is 2.00. The second kappa shape index (κ2) is 7.86. The molecule has 0 spiro atoms. The number of amides is 1. The molecule has 2 heterocycles. The van der Waals surface area contributed by atoms with Crippen molar-refractivity contribution < 1.29 is 18.7 Å². The van der Waals surface area contributed by atoms with Gasteiger partial charge in [-0.25, -0.2) is 4.79 Å². The summed E-state index contributed by atoms with van der Waals surface area (Å²) in [5.41, 5.74) is 3.32. The van der Waals surface area contributed by atoms with Gasteiger partial charge in [0.1, 0.15) is 5.76 Å². The highest BCUT2D eigenvalue weighted by Crippen LogP contribution is 2.23. The van der Waals surface area contributed by atoms with Crippen LogP contribution in [0, 0.1) is 13.8 Å². The van der Waals surface area contributed by atoms with Gasteiger partial charge in [-0.05, 0) is 44.9 Å². The minimum atomic E-state index is -0.309. The molecular formula is C18H24N2O4. The molecule has 0 atom stereocenters. The Kier molecular flexibility index (Phi) is 5.84. The number of rotatable bonds is 7. The number of nitrogens with one attached hydrogen (secondary N) is 1. The van der Waals surface area contributed by atoms with E-state index in [1.165, 1.54) is 0 Å². The molecule has 0 aliphatic rings. The van der Waals surface area contributed by atoms with Gasteiger partial charge >= 0.3 is 5.97 Å². The zero-order valence-electron chi connectivity index (χ0n) is 14.6. The summed E-state index contributed by atoms with van der Waals surface area (Å²) in [5.74, 6) is 0.359. The molecule has 6 nitrogen and oxygen atoms in total. The van der Waals surface area contributed by atoms with Crippen LogP contribution in [0.3, 0.4) is 0 Å². The average molecular weight is 332 g/mol. The van der Waals surface area contributed by atoms with E-state index >= 15 is 0 Å². The van der Waals surface area contributed by atoms with Gasteiger partial charge < -0.3 is 19.0 Å². The lowest BCUT2D eigenvalue weighted by Crippen LogP contribution is -2.23. The number of furan rings is 1. The molecule has 0 aromatic carbocycles. The van der Waals surface area contributed by atoms with Crippen molar-refractivity contribution in [1.29, 1.82) is 0 Å². The summed E-state index contributed by atoms with van der Waals surface area (Å²) in [6, 6.07) is 3.60. The zero-order chi connectivity index (χ0) is 17.7. The summed E-state index contributed by atoms with van der Waals surface area (Å²) in [6.07, 6.45) is 2.49. The summed E-state index contributed by atoms with van der Waals surface area (Å²) < 4.78 is 12.3. The van der Waals surface area contributed by atoms with E-state index in [9.17, 15) is 9.59 Å². The van der Waals surface area contributed by atoms with Crippen LogP contribution in [0.5, 0.6) is 0 Å². The molecule has 0 saturated carbocycles. The Bertz CT molecular complexity index is 714. The molecular weight excluding hydrogens is 308 g/mol. The third-order valence-electron chi connectivity index (χ3n) is 4.19. The van der Waals surface area contributed by atoms with Crippen LogP contribution in [-0.2, 0) is 29.5 Å². The quantitative estimate of drug-likeness (QED) is 0.791. The number of carbonyl (C=O) groups is 2. The molecule has 2 rings (SSSR count). The maximum Gasteiger partial charge on any atom is 0.340 e. The predicted octanol–water partition coefficient (Wildman–Crippen LogP) is 2.66. The van der Waals surface area contributed by atoms with Crippen LogP contribution in [0.1, 0.15) is 46.4 Å². The first kappa shape index (κ1) is 17.8. The Morgan fingerprint density at radius 3 is 2.71 bits per heavy atom. The van der Waals surface area contributed by atoms with Crippen molar-refractivity contribution in [3.63, 3.8) is 0 Å².